The minimum atomic E-state index is -0.820. The molecule has 2 aliphatic rings. The van der Waals surface area contributed by atoms with Crippen LogP contribution in [0.4, 0.5) is 9.59 Å². The number of amidine groups is 1. The third-order valence-electron chi connectivity index (χ3n) is 6.47. The summed E-state index contributed by atoms with van der Waals surface area (Å²) in [6.07, 6.45) is 12.8. The van der Waals surface area contributed by atoms with Crippen LogP contribution in [-0.4, -0.2) is 72.0 Å². The number of cyclic esters (lactones) is 1. The highest BCUT2D eigenvalue weighted by Crippen LogP contribution is 2.33. The molecule has 0 N–H and O–H groups in total. The first-order valence-corrected chi connectivity index (χ1v) is 12.7. The summed E-state index contributed by atoms with van der Waals surface area (Å²) >= 11 is 0. The highest BCUT2D eigenvalue weighted by Gasteiger charge is 2.60. The van der Waals surface area contributed by atoms with E-state index in [1.165, 1.54) is 17.4 Å². The Balaban J connectivity index is 2.17. The van der Waals surface area contributed by atoms with Crippen LogP contribution >= 0.6 is 0 Å². The van der Waals surface area contributed by atoms with Crippen molar-refractivity contribution in [3.05, 3.63) is 0 Å². The van der Waals surface area contributed by atoms with E-state index in [2.05, 4.69) is 21.9 Å². The van der Waals surface area contributed by atoms with Gasteiger partial charge in [-0.15, -0.1) is 9.48 Å². The molecule has 2 heterocycles. The molecule has 2 atom stereocenters. The molecule has 2 rings (SSSR count). The van der Waals surface area contributed by atoms with E-state index in [0.717, 1.165) is 57.8 Å². The first kappa shape index (κ1) is 27.6. The number of hydrogen-bond donors (Lipinski definition) is 0. The number of carbonyl (C=O) groups excluding carboxylic acids is 4. The van der Waals surface area contributed by atoms with Crippen molar-refractivity contribution >= 4 is 30.3 Å². The van der Waals surface area contributed by atoms with E-state index in [0.29, 0.717) is 38.9 Å². The largest absolute Gasteiger partial charge is 0.535 e. The van der Waals surface area contributed by atoms with Gasteiger partial charge in [-0.3, -0.25) is 0 Å². The molecule has 188 valence electrons. The van der Waals surface area contributed by atoms with Gasteiger partial charge >= 0.3 is 18.1 Å². The van der Waals surface area contributed by atoms with Gasteiger partial charge in [-0.1, -0.05) is 45.4 Å². The maximum atomic E-state index is 13.8. The summed E-state index contributed by atoms with van der Waals surface area (Å²) < 4.78 is 5.05. The Hall–Kier alpha value is -2.67. The van der Waals surface area contributed by atoms with Crippen molar-refractivity contribution in [1.29, 1.82) is 0 Å². The molecule has 0 aliphatic carbocycles. The van der Waals surface area contributed by atoms with Crippen LogP contribution in [0.25, 0.3) is 0 Å². The summed E-state index contributed by atoms with van der Waals surface area (Å²) in [5.41, 5.74) is 0. The number of imide groups is 1. The smallest absolute Gasteiger partial charge is 0.345 e. The van der Waals surface area contributed by atoms with E-state index in [1.807, 2.05) is 0 Å². The van der Waals surface area contributed by atoms with E-state index >= 15 is 0 Å². The van der Waals surface area contributed by atoms with E-state index in [-0.39, 0.29) is 12.6 Å². The lowest BCUT2D eigenvalue weighted by Crippen LogP contribution is -2.71. The molecule has 2 aliphatic heterocycles. The number of nitrogens with zero attached hydrogens (tertiary/aromatic N) is 5. The first-order valence-electron chi connectivity index (χ1n) is 12.7. The van der Waals surface area contributed by atoms with Gasteiger partial charge in [-0.2, -0.15) is 4.79 Å². The number of quaternary nitrogens is 1. The van der Waals surface area contributed by atoms with Gasteiger partial charge < -0.3 is 4.74 Å². The van der Waals surface area contributed by atoms with Gasteiger partial charge in [0, 0.05) is 19.5 Å². The predicted molar refractivity (Wildman–Crippen MR) is 127 cm³/mol. The minimum absolute atomic E-state index is 0.0536. The molecule has 2 saturated heterocycles. The molecule has 0 aromatic rings. The maximum absolute atomic E-state index is 13.8. The Morgan fingerprint density at radius 3 is 2.41 bits per heavy atom. The Labute approximate surface area is 201 Å². The van der Waals surface area contributed by atoms with Gasteiger partial charge in [-0.25, -0.2) is 29.3 Å². The summed E-state index contributed by atoms with van der Waals surface area (Å²) in [6.45, 7) is 3.69. The average Bonchev–Trinajstić information content (AvgIpc) is 3.04. The second-order valence-electron chi connectivity index (χ2n) is 8.91. The van der Waals surface area contributed by atoms with Crippen LogP contribution < -0.4 is 0 Å². The zero-order valence-electron chi connectivity index (χ0n) is 20.4. The number of carbonyl (C=O) groups is 2. The highest BCUT2D eigenvalue weighted by atomic mass is 16.6. The third-order valence-corrected chi connectivity index (χ3v) is 6.47. The molecule has 0 saturated carbocycles. The van der Waals surface area contributed by atoms with Gasteiger partial charge in [0.25, 0.3) is 0 Å². The molecular weight excluding hydrogens is 438 g/mol. The number of ether oxygens (including phenoxy) is 1. The predicted octanol–water partition coefficient (Wildman–Crippen LogP) is 4.83. The van der Waals surface area contributed by atoms with Crippen molar-refractivity contribution in [2.75, 3.05) is 26.2 Å². The van der Waals surface area contributed by atoms with Crippen molar-refractivity contribution in [3.8, 4) is 0 Å². The van der Waals surface area contributed by atoms with Gasteiger partial charge in [0.05, 0.1) is 6.54 Å². The van der Waals surface area contributed by atoms with E-state index in [9.17, 15) is 19.2 Å². The molecule has 0 aromatic heterocycles. The minimum Gasteiger partial charge on any atom is -0.345 e. The third kappa shape index (κ3) is 7.42. The number of hydrogen-bond acceptors (Lipinski definition) is 8. The van der Waals surface area contributed by atoms with Crippen LogP contribution in [-0.2, 0) is 14.3 Å². The van der Waals surface area contributed by atoms with Crippen LogP contribution in [0.3, 0.4) is 0 Å². The molecule has 34 heavy (non-hydrogen) atoms. The Bertz CT molecular complexity index is 804. The van der Waals surface area contributed by atoms with Crippen LogP contribution in [0.2, 0.25) is 0 Å². The second kappa shape index (κ2) is 15.3. The molecule has 1 spiro atoms. The Morgan fingerprint density at radius 1 is 0.941 bits per heavy atom. The molecule has 10 heteroatoms. The van der Waals surface area contributed by atoms with Gasteiger partial charge in [0.15, 0.2) is 0 Å². The van der Waals surface area contributed by atoms with Gasteiger partial charge in [0.1, 0.15) is 6.54 Å². The second-order valence-corrected chi connectivity index (χ2v) is 8.91. The first-order chi connectivity index (χ1) is 16.6. The maximum Gasteiger partial charge on any atom is 0.535 e. The van der Waals surface area contributed by atoms with Crippen molar-refractivity contribution in [3.63, 3.8) is 0 Å². The molecule has 2 unspecified atom stereocenters. The van der Waals surface area contributed by atoms with E-state index in [1.54, 1.807) is 6.08 Å². The zero-order valence-corrected chi connectivity index (χ0v) is 20.4. The van der Waals surface area contributed by atoms with Gasteiger partial charge in [-0.05, 0) is 38.5 Å². The molecule has 0 aromatic carbocycles. The Morgan fingerprint density at radius 2 is 1.68 bits per heavy atom. The van der Waals surface area contributed by atoms with Crippen molar-refractivity contribution in [2.45, 2.75) is 96.6 Å². The van der Waals surface area contributed by atoms with Crippen molar-refractivity contribution < 1.29 is 28.4 Å². The molecular formula is C24H38N5O5+. The zero-order chi connectivity index (χ0) is 24.7. The molecule has 0 radical (unpaired) electrons. The van der Waals surface area contributed by atoms with E-state index < -0.39 is 22.8 Å². The molecule has 2 fully saturated rings. The summed E-state index contributed by atoms with van der Waals surface area (Å²) in [4.78, 5) is 61.7. The normalized spacial score (nSPS) is 23.9. The van der Waals surface area contributed by atoms with Crippen LogP contribution in [0, 0.1) is 0 Å². The summed E-state index contributed by atoms with van der Waals surface area (Å²) in [6, 6.07) is -0.365. The SMILES string of the molecule is CCCCCCCN=C1OC(=O)[N+]2(CCCCCC2N=C=O)C(=O)N1CCCCCCN=C=O. The number of urea groups is 1. The lowest BCUT2D eigenvalue weighted by molar-refractivity contribution is -0.807. The van der Waals surface area contributed by atoms with Crippen LogP contribution in [0.15, 0.2) is 15.0 Å². The number of rotatable bonds is 14. The molecule has 3 amide bonds. The van der Waals surface area contributed by atoms with Crippen LogP contribution in [0.1, 0.15) is 90.4 Å². The fourth-order valence-electron chi connectivity index (χ4n) is 4.54. The summed E-state index contributed by atoms with van der Waals surface area (Å²) in [5.74, 6) is 0. The highest BCUT2D eigenvalue weighted by molar-refractivity contribution is 6.02. The summed E-state index contributed by atoms with van der Waals surface area (Å²) in [7, 11) is 0. The molecule has 0 bridgehead atoms. The number of unbranched alkanes of at least 4 members (excludes halogenated alkanes) is 7. The van der Waals surface area contributed by atoms with Gasteiger partial charge in [0.2, 0.25) is 18.3 Å². The van der Waals surface area contributed by atoms with E-state index in [4.69, 9.17) is 4.74 Å². The lowest BCUT2D eigenvalue weighted by Gasteiger charge is -2.41. The number of aliphatic imine (C=N–C) groups is 3. The lowest BCUT2D eigenvalue weighted by atomic mass is 10.1. The number of isocyanates is 2. The quantitative estimate of drug-likeness (QED) is 0.154. The Kier molecular flexibility index (Phi) is 12.4. The molecule has 10 nitrogen and oxygen atoms in total. The number of amides is 3. The van der Waals surface area contributed by atoms with Crippen LogP contribution in [0.5, 0.6) is 0 Å². The monoisotopic (exact) mass is 476 g/mol. The average molecular weight is 477 g/mol. The summed E-state index contributed by atoms with van der Waals surface area (Å²) in [5, 5.41) is 0. The fraction of sp³-hybridized carbons (Fsp3) is 0.792. The fourth-order valence-corrected chi connectivity index (χ4v) is 4.54. The van der Waals surface area contributed by atoms with Crippen molar-refractivity contribution in [2.24, 2.45) is 15.0 Å². The van der Waals surface area contributed by atoms with Crippen molar-refractivity contribution in [1.82, 2.24) is 4.90 Å². The topological polar surface area (TPSA) is 118 Å². The standard InChI is InChI=1S/C24H38N5O5/c1-2-3-4-5-11-16-26-22-28(17-12-7-6-10-15-25-19-30)23(32)29(24(33)34-22)18-13-8-9-14-21(29)27-20-31/h21H,2-18H2,1H3/q+1.